The quantitative estimate of drug-likeness (QED) is 0.520. The average molecular weight is 430 g/mol. The van der Waals surface area contributed by atoms with Crippen molar-refractivity contribution in [3.05, 3.63) is 72.3 Å². The van der Waals surface area contributed by atoms with Gasteiger partial charge in [0.2, 0.25) is 0 Å². The number of fused-ring (bicyclic) bond motifs is 1. The summed E-state index contributed by atoms with van der Waals surface area (Å²) < 4.78 is 13.6. The number of morpholine rings is 1. The summed E-state index contributed by atoms with van der Waals surface area (Å²) in [7, 11) is 3.78. The van der Waals surface area contributed by atoms with E-state index < -0.39 is 0 Å². The van der Waals surface area contributed by atoms with Gasteiger partial charge in [-0.05, 0) is 35.9 Å². The summed E-state index contributed by atoms with van der Waals surface area (Å²) >= 11 is 0. The highest BCUT2D eigenvalue weighted by Crippen LogP contribution is 2.29. The number of nitrogens with two attached hydrogens (primary N) is 1. The zero-order chi connectivity index (χ0) is 22.1. The van der Waals surface area contributed by atoms with E-state index in [2.05, 4.69) is 50.9 Å². The molecule has 32 heavy (non-hydrogen) atoms. The lowest BCUT2D eigenvalue weighted by Gasteiger charge is -2.32. The van der Waals surface area contributed by atoms with Gasteiger partial charge in [0.15, 0.2) is 0 Å². The smallest absolute Gasteiger partial charge is 0.123 e. The van der Waals surface area contributed by atoms with Crippen molar-refractivity contribution < 1.29 is 9.47 Å². The van der Waals surface area contributed by atoms with Crippen LogP contribution < -0.4 is 10.5 Å². The molecule has 7 nitrogen and oxygen atoms in total. The van der Waals surface area contributed by atoms with E-state index in [4.69, 9.17) is 15.2 Å². The van der Waals surface area contributed by atoms with Crippen LogP contribution in [-0.2, 0) is 18.3 Å². The number of nitrogen functional groups attached to an aromatic ring is 1. The molecule has 0 aliphatic carbocycles. The number of nitrogens with zero attached hydrogens (tertiary/aromatic N) is 4. The predicted octanol–water partition coefficient (Wildman–Crippen LogP) is 3.80. The normalized spacial score (nSPS) is 17.0. The van der Waals surface area contributed by atoms with Gasteiger partial charge in [0.05, 0.1) is 24.9 Å². The molecule has 4 heterocycles. The van der Waals surface area contributed by atoms with Gasteiger partial charge in [-0.2, -0.15) is 0 Å². The van der Waals surface area contributed by atoms with Gasteiger partial charge < -0.3 is 19.8 Å². The maximum Gasteiger partial charge on any atom is 0.123 e. The molecule has 0 radical (unpaired) electrons. The zero-order valence-electron chi connectivity index (χ0n) is 18.4. The van der Waals surface area contributed by atoms with Crippen LogP contribution in [0.1, 0.15) is 17.4 Å². The average Bonchev–Trinajstić information content (AvgIpc) is 3.14. The Labute approximate surface area is 187 Å². The van der Waals surface area contributed by atoms with Gasteiger partial charge in [0.1, 0.15) is 17.7 Å². The minimum Gasteiger partial charge on any atom is -0.497 e. The van der Waals surface area contributed by atoms with Crippen molar-refractivity contribution in [2.75, 3.05) is 32.5 Å². The Morgan fingerprint density at radius 3 is 2.62 bits per heavy atom. The molecular weight excluding hydrogens is 402 g/mol. The molecular formula is C25H27N5O2. The van der Waals surface area contributed by atoms with Crippen molar-refractivity contribution in [1.29, 1.82) is 0 Å². The Balaban J connectivity index is 1.30. The third-order valence-corrected chi connectivity index (χ3v) is 6.06. The number of hydrogen-bond donors (Lipinski definition) is 1. The number of rotatable bonds is 5. The summed E-state index contributed by atoms with van der Waals surface area (Å²) in [6.07, 6.45) is 5.81. The molecule has 1 aliphatic heterocycles. The Hall–Kier alpha value is -3.42. The molecule has 7 heteroatoms. The summed E-state index contributed by atoms with van der Waals surface area (Å²) in [4.78, 5) is 11.3. The second kappa shape index (κ2) is 8.61. The second-order valence-electron chi connectivity index (χ2n) is 8.19. The standard InChI is InChI=1S/C25H27N5O2/c1-29-14-19(21-6-5-20(31-2)11-23(21)29)15-30-9-10-32-24(16-30)22-7-3-17(12-27-22)18-4-8-25(26)28-13-18/h3-8,11-14,24H,9-10,15-16H2,1-2H3,(H2,26,28)/t24-/m0/s1. The molecule has 5 rings (SSSR count). The number of pyridine rings is 2. The monoisotopic (exact) mass is 429 g/mol. The first-order valence-corrected chi connectivity index (χ1v) is 10.7. The molecule has 3 aromatic heterocycles. The first-order valence-electron chi connectivity index (χ1n) is 10.7. The second-order valence-corrected chi connectivity index (χ2v) is 8.19. The lowest BCUT2D eigenvalue weighted by Crippen LogP contribution is -2.38. The number of aryl methyl sites for hydroxylation is 1. The van der Waals surface area contributed by atoms with Gasteiger partial charge in [-0.15, -0.1) is 0 Å². The summed E-state index contributed by atoms with van der Waals surface area (Å²) in [6, 6.07) is 14.1. The van der Waals surface area contributed by atoms with Crippen LogP contribution in [0.3, 0.4) is 0 Å². The SMILES string of the molecule is COc1ccc2c(CN3CCO[C@H](c4ccc(-c5ccc(N)nc5)cn4)C3)cn(C)c2c1. The first-order chi connectivity index (χ1) is 15.6. The van der Waals surface area contributed by atoms with Crippen LogP contribution in [0.15, 0.2) is 61.1 Å². The Morgan fingerprint density at radius 1 is 1.09 bits per heavy atom. The number of hydrogen-bond acceptors (Lipinski definition) is 6. The number of ether oxygens (including phenoxy) is 2. The fourth-order valence-corrected chi connectivity index (χ4v) is 4.31. The van der Waals surface area contributed by atoms with Crippen LogP contribution >= 0.6 is 0 Å². The minimum absolute atomic E-state index is 0.0441. The fraction of sp³-hybridized carbons (Fsp3) is 0.280. The van der Waals surface area contributed by atoms with E-state index in [0.29, 0.717) is 12.4 Å². The molecule has 0 amide bonds. The first kappa shape index (κ1) is 20.5. The van der Waals surface area contributed by atoms with Gasteiger partial charge in [-0.25, -0.2) is 4.98 Å². The van der Waals surface area contributed by atoms with Crippen LogP contribution in [0.25, 0.3) is 22.0 Å². The molecule has 1 aliphatic rings. The van der Waals surface area contributed by atoms with Gasteiger partial charge in [-0.1, -0.05) is 6.07 Å². The van der Waals surface area contributed by atoms with Crippen LogP contribution in [0.5, 0.6) is 5.75 Å². The molecule has 0 unspecified atom stereocenters. The molecule has 2 N–H and O–H groups in total. The van der Waals surface area contributed by atoms with Crippen LogP contribution in [-0.4, -0.2) is 46.2 Å². The Morgan fingerprint density at radius 2 is 1.91 bits per heavy atom. The maximum absolute atomic E-state index is 6.06. The van der Waals surface area contributed by atoms with E-state index in [0.717, 1.165) is 42.2 Å². The van der Waals surface area contributed by atoms with E-state index >= 15 is 0 Å². The largest absolute Gasteiger partial charge is 0.497 e. The third-order valence-electron chi connectivity index (χ3n) is 6.06. The zero-order valence-corrected chi connectivity index (χ0v) is 18.4. The third kappa shape index (κ3) is 4.04. The van der Waals surface area contributed by atoms with Crippen molar-refractivity contribution in [2.24, 2.45) is 7.05 Å². The van der Waals surface area contributed by atoms with Crippen molar-refractivity contribution in [3.63, 3.8) is 0 Å². The minimum atomic E-state index is -0.0441. The fourth-order valence-electron chi connectivity index (χ4n) is 4.31. The maximum atomic E-state index is 6.06. The predicted molar refractivity (Wildman–Crippen MR) is 125 cm³/mol. The van der Waals surface area contributed by atoms with Crippen molar-refractivity contribution >= 4 is 16.7 Å². The highest BCUT2D eigenvalue weighted by atomic mass is 16.5. The molecule has 164 valence electrons. The van der Waals surface area contributed by atoms with Gasteiger partial charge in [0, 0.05) is 67.9 Å². The number of aromatic nitrogens is 3. The van der Waals surface area contributed by atoms with Gasteiger partial charge >= 0.3 is 0 Å². The molecule has 1 atom stereocenters. The van der Waals surface area contributed by atoms with E-state index in [1.807, 2.05) is 24.4 Å². The molecule has 0 saturated carbocycles. The Bertz CT molecular complexity index is 1220. The Kier molecular flexibility index (Phi) is 5.51. The molecule has 1 fully saturated rings. The van der Waals surface area contributed by atoms with E-state index in [1.165, 1.54) is 16.5 Å². The van der Waals surface area contributed by atoms with E-state index in [9.17, 15) is 0 Å². The highest BCUT2D eigenvalue weighted by molar-refractivity contribution is 5.85. The summed E-state index contributed by atoms with van der Waals surface area (Å²) in [5, 5.41) is 1.26. The molecule has 0 spiro atoms. The molecule has 4 aromatic rings. The van der Waals surface area contributed by atoms with Crippen molar-refractivity contribution in [3.8, 4) is 16.9 Å². The van der Waals surface area contributed by atoms with Gasteiger partial charge in [-0.3, -0.25) is 9.88 Å². The van der Waals surface area contributed by atoms with Crippen LogP contribution in [0, 0.1) is 0 Å². The van der Waals surface area contributed by atoms with Gasteiger partial charge in [0.25, 0.3) is 0 Å². The summed E-state index contributed by atoms with van der Waals surface area (Å²) in [6.45, 7) is 3.27. The van der Waals surface area contributed by atoms with Crippen LogP contribution in [0.4, 0.5) is 5.82 Å². The highest BCUT2D eigenvalue weighted by Gasteiger charge is 2.24. The van der Waals surface area contributed by atoms with Crippen molar-refractivity contribution in [1.82, 2.24) is 19.4 Å². The van der Waals surface area contributed by atoms with Crippen molar-refractivity contribution in [2.45, 2.75) is 12.6 Å². The lowest BCUT2D eigenvalue weighted by molar-refractivity contribution is -0.0348. The lowest BCUT2D eigenvalue weighted by atomic mass is 10.1. The topological polar surface area (TPSA) is 78.4 Å². The molecule has 1 saturated heterocycles. The number of methoxy groups -OCH3 is 1. The molecule has 0 bridgehead atoms. The molecule has 1 aromatic carbocycles. The number of benzene rings is 1. The number of anilines is 1. The van der Waals surface area contributed by atoms with E-state index in [-0.39, 0.29) is 6.10 Å². The summed E-state index contributed by atoms with van der Waals surface area (Å²) in [5.41, 5.74) is 11.1. The summed E-state index contributed by atoms with van der Waals surface area (Å²) in [5.74, 6) is 1.39. The van der Waals surface area contributed by atoms with Crippen LogP contribution in [0.2, 0.25) is 0 Å². The van der Waals surface area contributed by atoms with E-state index in [1.54, 1.807) is 19.4 Å².